The van der Waals surface area contributed by atoms with Gasteiger partial charge in [-0.1, -0.05) is 35.4 Å². The predicted octanol–water partition coefficient (Wildman–Crippen LogP) is 4.49. The van der Waals surface area contributed by atoms with Crippen molar-refractivity contribution in [3.05, 3.63) is 53.6 Å². The van der Waals surface area contributed by atoms with Gasteiger partial charge in [0, 0.05) is 0 Å². The highest BCUT2D eigenvalue weighted by Crippen LogP contribution is 2.12. The predicted molar refractivity (Wildman–Crippen MR) is 80.1 cm³/mol. The molecule has 1 rings (SSSR count). The van der Waals surface area contributed by atoms with E-state index in [1.807, 2.05) is 30.3 Å². The molecule has 0 saturated heterocycles. The fraction of sp³-hybridized carbons (Fsp3) is 0.375. The summed E-state index contributed by atoms with van der Waals surface area (Å²) >= 11 is -0.910. The molecule has 0 aliphatic rings. The molecule has 0 bridgehead atoms. The fourth-order valence-corrected chi connectivity index (χ4v) is 2.67. The smallest absolute Gasteiger partial charge is 0.152 e. The highest BCUT2D eigenvalue weighted by Gasteiger charge is 2.07. The summed E-state index contributed by atoms with van der Waals surface area (Å²) in [4.78, 5) is 0.908. The minimum absolute atomic E-state index is 0.616. The molecule has 0 aliphatic carbocycles. The standard InChI is InChI=1S/C16H22OS/c1-14(2)8-7-9-15(3)12-13-18(17)16-10-5-4-6-11-16/h4-6,8,10-12H,7,9,13H2,1-3H3/b15-12+. The molecule has 1 aromatic rings. The second-order valence-electron chi connectivity index (χ2n) is 4.70. The second-order valence-corrected chi connectivity index (χ2v) is 6.19. The van der Waals surface area contributed by atoms with Crippen molar-refractivity contribution in [3.8, 4) is 0 Å². The van der Waals surface area contributed by atoms with Crippen molar-refractivity contribution in [2.45, 2.75) is 38.5 Å². The summed E-state index contributed by atoms with van der Waals surface area (Å²) in [5.74, 6) is 0.616. The van der Waals surface area contributed by atoms with Crippen molar-refractivity contribution in [1.29, 1.82) is 0 Å². The lowest BCUT2D eigenvalue weighted by Crippen LogP contribution is -2.04. The maximum Gasteiger partial charge on any atom is 0.152 e. The van der Waals surface area contributed by atoms with Gasteiger partial charge in [0.1, 0.15) is 5.75 Å². The van der Waals surface area contributed by atoms with Crippen molar-refractivity contribution < 1.29 is 4.55 Å². The average Bonchev–Trinajstić information content (AvgIpc) is 2.36. The highest BCUT2D eigenvalue weighted by atomic mass is 32.2. The molecule has 0 saturated carbocycles. The van der Waals surface area contributed by atoms with Crippen LogP contribution in [0, 0.1) is 0 Å². The molecule has 2 heteroatoms. The van der Waals surface area contributed by atoms with Crippen LogP contribution in [-0.4, -0.2) is 10.3 Å². The Balaban J connectivity index is 2.41. The van der Waals surface area contributed by atoms with Crippen LogP contribution >= 0.6 is 0 Å². The van der Waals surface area contributed by atoms with Gasteiger partial charge in [-0.2, -0.15) is 0 Å². The molecule has 0 N–H and O–H groups in total. The Morgan fingerprint density at radius 1 is 1.11 bits per heavy atom. The first-order valence-corrected chi connectivity index (χ1v) is 7.64. The quantitative estimate of drug-likeness (QED) is 0.547. The summed E-state index contributed by atoms with van der Waals surface area (Å²) < 4.78 is 12.0. The normalized spacial score (nSPS) is 13.2. The van der Waals surface area contributed by atoms with E-state index < -0.39 is 11.2 Å². The van der Waals surface area contributed by atoms with Gasteiger partial charge in [0.25, 0.3) is 0 Å². The van der Waals surface area contributed by atoms with Gasteiger partial charge in [0.2, 0.25) is 0 Å². The van der Waals surface area contributed by atoms with Gasteiger partial charge >= 0.3 is 0 Å². The molecule has 1 unspecified atom stereocenters. The first kappa shape index (κ1) is 15.1. The minimum atomic E-state index is -0.910. The van der Waals surface area contributed by atoms with E-state index in [4.69, 9.17) is 0 Å². The summed E-state index contributed by atoms with van der Waals surface area (Å²) in [6.07, 6.45) is 6.47. The zero-order chi connectivity index (χ0) is 13.4. The molecule has 0 fully saturated rings. The Morgan fingerprint density at radius 2 is 1.78 bits per heavy atom. The van der Waals surface area contributed by atoms with Crippen molar-refractivity contribution in [1.82, 2.24) is 0 Å². The van der Waals surface area contributed by atoms with Gasteiger partial charge in [0.05, 0.1) is 0 Å². The Bertz CT molecular complexity index is 402. The monoisotopic (exact) mass is 262 g/mol. The number of hydrogen-bond donors (Lipinski definition) is 0. The van der Waals surface area contributed by atoms with Crippen LogP contribution in [0.4, 0.5) is 0 Å². The first-order valence-electron chi connectivity index (χ1n) is 6.32. The molecule has 0 aliphatic heterocycles. The third kappa shape index (κ3) is 6.08. The van der Waals surface area contributed by atoms with Crippen LogP contribution in [0.25, 0.3) is 0 Å². The molecular formula is C16H22OS. The van der Waals surface area contributed by atoms with E-state index in [0.717, 1.165) is 17.7 Å². The van der Waals surface area contributed by atoms with Crippen LogP contribution in [0.15, 0.2) is 58.5 Å². The highest BCUT2D eigenvalue weighted by molar-refractivity contribution is 7.91. The summed E-state index contributed by atoms with van der Waals surface area (Å²) in [6, 6.07) is 9.64. The van der Waals surface area contributed by atoms with Crippen molar-refractivity contribution >= 4 is 11.2 Å². The van der Waals surface area contributed by atoms with Crippen LogP contribution in [-0.2, 0) is 11.2 Å². The van der Waals surface area contributed by atoms with E-state index in [1.165, 1.54) is 11.1 Å². The summed E-state index contributed by atoms with van der Waals surface area (Å²) in [6.45, 7) is 6.34. The van der Waals surface area contributed by atoms with Crippen molar-refractivity contribution in [2.75, 3.05) is 5.75 Å². The van der Waals surface area contributed by atoms with E-state index in [2.05, 4.69) is 32.9 Å². The molecule has 1 aromatic carbocycles. The minimum Gasteiger partial charge on any atom is -0.611 e. The molecule has 0 spiro atoms. The first-order chi connectivity index (χ1) is 8.59. The SMILES string of the molecule is CC(C)=CCC/C(C)=C/C[S+]([O-])c1ccccc1. The molecule has 1 nitrogen and oxygen atoms in total. The van der Waals surface area contributed by atoms with Gasteiger partial charge in [-0.3, -0.25) is 0 Å². The van der Waals surface area contributed by atoms with E-state index >= 15 is 0 Å². The second kappa shape index (κ2) is 8.17. The van der Waals surface area contributed by atoms with Crippen molar-refractivity contribution in [3.63, 3.8) is 0 Å². The maximum absolute atomic E-state index is 12.0. The number of rotatable bonds is 6. The molecule has 0 amide bonds. The van der Waals surface area contributed by atoms with Crippen molar-refractivity contribution in [2.24, 2.45) is 0 Å². The molecule has 0 aromatic heterocycles. The number of hydrogen-bond acceptors (Lipinski definition) is 1. The molecule has 0 radical (unpaired) electrons. The molecular weight excluding hydrogens is 240 g/mol. The number of allylic oxidation sites excluding steroid dienone is 3. The lowest BCUT2D eigenvalue weighted by molar-refractivity contribution is 0.598. The molecule has 18 heavy (non-hydrogen) atoms. The van der Waals surface area contributed by atoms with E-state index in [-0.39, 0.29) is 0 Å². The largest absolute Gasteiger partial charge is 0.611 e. The Labute approximate surface area is 114 Å². The van der Waals surface area contributed by atoms with Gasteiger partial charge in [-0.15, -0.1) is 0 Å². The van der Waals surface area contributed by atoms with Gasteiger partial charge in [-0.05, 0) is 63.0 Å². The molecule has 0 heterocycles. The molecule has 1 atom stereocenters. The van der Waals surface area contributed by atoms with Crippen LogP contribution in [0.2, 0.25) is 0 Å². The zero-order valence-corrected chi connectivity index (χ0v) is 12.3. The summed E-state index contributed by atoms with van der Waals surface area (Å²) in [5.41, 5.74) is 2.67. The van der Waals surface area contributed by atoms with E-state index in [0.29, 0.717) is 5.75 Å². The van der Waals surface area contributed by atoms with Crippen LogP contribution < -0.4 is 0 Å². The lowest BCUT2D eigenvalue weighted by Gasteiger charge is -2.08. The van der Waals surface area contributed by atoms with Crippen LogP contribution in [0.5, 0.6) is 0 Å². The van der Waals surface area contributed by atoms with Gasteiger partial charge in [-0.25, -0.2) is 0 Å². The third-order valence-electron chi connectivity index (χ3n) is 2.68. The topological polar surface area (TPSA) is 23.1 Å². The Hall–Kier alpha value is -0.990. The lowest BCUT2D eigenvalue weighted by atomic mass is 10.1. The third-order valence-corrected chi connectivity index (χ3v) is 3.95. The summed E-state index contributed by atoms with van der Waals surface area (Å²) in [7, 11) is 0. The fourth-order valence-electron chi connectivity index (χ4n) is 1.58. The van der Waals surface area contributed by atoms with Crippen LogP contribution in [0.3, 0.4) is 0 Å². The average molecular weight is 262 g/mol. The van der Waals surface area contributed by atoms with E-state index in [9.17, 15) is 4.55 Å². The maximum atomic E-state index is 12.0. The van der Waals surface area contributed by atoms with Crippen LogP contribution in [0.1, 0.15) is 33.6 Å². The zero-order valence-electron chi connectivity index (χ0n) is 11.5. The summed E-state index contributed by atoms with van der Waals surface area (Å²) in [5, 5.41) is 0. The van der Waals surface area contributed by atoms with E-state index in [1.54, 1.807) is 0 Å². The van der Waals surface area contributed by atoms with Gasteiger partial charge in [0.15, 0.2) is 4.90 Å². The Kier molecular flexibility index (Phi) is 6.84. The molecule has 98 valence electrons. The number of benzene rings is 1. The van der Waals surface area contributed by atoms with Gasteiger partial charge < -0.3 is 4.55 Å². The Morgan fingerprint density at radius 3 is 2.39 bits per heavy atom.